The van der Waals surface area contributed by atoms with E-state index >= 15 is 0 Å². The van der Waals surface area contributed by atoms with Crippen molar-refractivity contribution in [1.29, 1.82) is 0 Å². The SMILES string of the molecule is Cc1ccc2c(c1)NC(C)C(c1ccc(Cl)cc1)O2. The Morgan fingerprint density at radius 1 is 1.11 bits per heavy atom. The average molecular weight is 274 g/mol. The molecule has 2 unspecified atom stereocenters. The van der Waals surface area contributed by atoms with Crippen LogP contribution in [0.15, 0.2) is 42.5 Å². The maximum atomic E-state index is 6.12. The number of aryl methyl sites for hydroxylation is 1. The first-order chi connectivity index (χ1) is 9.13. The zero-order chi connectivity index (χ0) is 13.4. The van der Waals surface area contributed by atoms with Crippen molar-refractivity contribution in [2.24, 2.45) is 0 Å². The van der Waals surface area contributed by atoms with Crippen molar-refractivity contribution in [3.63, 3.8) is 0 Å². The van der Waals surface area contributed by atoms with Crippen molar-refractivity contribution < 1.29 is 4.74 Å². The number of benzene rings is 2. The van der Waals surface area contributed by atoms with Crippen molar-refractivity contribution in [3.05, 3.63) is 58.6 Å². The molecule has 1 aliphatic rings. The molecular weight excluding hydrogens is 258 g/mol. The number of hydrogen-bond donors (Lipinski definition) is 1. The van der Waals surface area contributed by atoms with Crippen LogP contribution in [0.5, 0.6) is 5.75 Å². The van der Waals surface area contributed by atoms with Gasteiger partial charge in [-0.2, -0.15) is 0 Å². The third-order valence-corrected chi connectivity index (χ3v) is 3.68. The van der Waals surface area contributed by atoms with E-state index in [4.69, 9.17) is 16.3 Å². The Morgan fingerprint density at radius 3 is 2.58 bits per heavy atom. The van der Waals surface area contributed by atoms with E-state index in [2.05, 4.69) is 31.3 Å². The Morgan fingerprint density at radius 2 is 1.84 bits per heavy atom. The Balaban J connectivity index is 1.93. The molecule has 0 fully saturated rings. The molecule has 1 aliphatic heterocycles. The largest absolute Gasteiger partial charge is 0.481 e. The van der Waals surface area contributed by atoms with Gasteiger partial charge in [0.15, 0.2) is 0 Å². The summed E-state index contributed by atoms with van der Waals surface area (Å²) in [5.41, 5.74) is 3.43. The van der Waals surface area contributed by atoms with Crippen LogP contribution in [0.2, 0.25) is 5.02 Å². The molecule has 19 heavy (non-hydrogen) atoms. The van der Waals surface area contributed by atoms with Gasteiger partial charge >= 0.3 is 0 Å². The van der Waals surface area contributed by atoms with Crippen LogP contribution in [0.4, 0.5) is 5.69 Å². The number of anilines is 1. The molecule has 3 heteroatoms. The van der Waals surface area contributed by atoms with E-state index in [1.54, 1.807) is 0 Å². The molecular formula is C16H16ClNO. The van der Waals surface area contributed by atoms with E-state index in [0.29, 0.717) is 0 Å². The van der Waals surface area contributed by atoms with Crippen molar-refractivity contribution in [3.8, 4) is 5.75 Å². The van der Waals surface area contributed by atoms with Crippen LogP contribution < -0.4 is 10.1 Å². The average Bonchev–Trinajstić information content (AvgIpc) is 2.39. The van der Waals surface area contributed by atoms with Crippen LogP contribution in [0, 0.1) is 6.92 Å². The molecule has 0 radical (unpaired) electrons. The van der Waals surface area contributed by atoms with Crippen LogP contribution in [-0.2, 0) is 0 Å². The fourth-order valence-corrected chi connectivity index (χ4v) is 2.55. The molecule has 0 aliphatic carbocycles. The zero-order valence-electron chi connectivity index (χ0n) is 11.0. The summed E-state index contributed by atoms with van der Waals surface area (Å²) in [7, 11) is 0. The second kappa shape index (κ2) is 4.78. The molecule has 2 atom stereocenters. The normalized spacial score (nSPS) is 21.2. The van der Waals surface area contributed by atoms with E-state index in [1.165, 1.54) is 5.56 Å². The quantitative estimate of drug-likeness (QED) is 0.821. The summed E-state index contributed by atoms with van der Waals surface area (Å²) >= 11 is 5.93. The standard InChI is InChI=1S/C16H16ClNO/c1-10-3-8-15-14(9-10)18-11(2)16(19-15)12-4-6-13(17)7-5-12/h3-9,11,16,18H,1-2H3. The van der Waals surface area contributed by atoms with E-state index in [-0.39, 0.29) is 12.1 Å². The van der Waals surface area contributed by atoms with Crippen molar-refractivity contribution in [2.45, 2.75) is 26.0 Å². The third-order valence-electron chi connectivity index (χ3n) is 3.42. The molecule has 2 aromatic carbocycles. The summed E-state index contributed by atoms with van der Waals surface area (Å²) in [6.45, 7) is 4.21. The van der Waals surface area contributed by atoms with Gasteiger partial charge in [-0.25, -0.2) is 0 Å². The van der Waals surface area contributed by atoms with Gasteiger partial charge in [0.1, 0.15) is 11.9 Å². The van der Waals surface area contributed by atoms with Gasteiger partial charge in [0.2, 0.25) is 0 Å². The second-order valence-corrected chi connectivity index (χ2v) is 5.46. The molecule has 3 rings (SSSR count). The predicted octanol–water partition coefficient (Wildman–Crippen LogP) is 4.58. The maximum absolute atomic E-state index is 6.12. The Bertz CT molecular complexity index is 594. The van der Waals surface area contributed by atoms with Gasteiger partial charge in [-0.15, -0.1) is 0 Å². The van der Waals surface area contributed by atoms with Gasteiger partial charge in [0.25, 0.3) is 0 Å². The minimum Gasteiger partial charge on any atom is -0.481 e. The monoisotopic (exact) mass is 273 g/mol. The van der Waals surface area contributed by atoms with Gasteiger partial charge in [-0.1, -0.05) is 29.8 Å². The van der Waals surface area contributed by atoms with Crippen LogP contribution >= 0.6 is 11.6 Å². The molecule has 0 aromatic heterocycles. The summed E-state index contributed by atoms with van der Waals surface area (Å²) in [6.07, 6.45) is 0.00692. The summed E-state index contributed by atoms with van der Waals surface area (Å²) < 4.78 is 6.12. The highest BCUT2D eigenvalue weighted by molar-refractivity contribution is 6.30. The molecule has 0 saturated heterocycles. The maximum Gasteiger partial charge on any atom is 0.144 e. The molecule has 1 heterocycles. The molecule has 98 valence electrons. The van der Waals surface area contributed by atoms with Crippen molar-refractivity contribution in [2.75, 3.05) is 5.32 Å². The van der Waals surface area contributed by atoms with E-state index in [0.717, 1.165) is 22.0 Å². The van der Waals surface area contributed by atoms with Gasteiger partial charge in [0.05, 0.1) is 11.7 Å². The van der Waals surface area contributed by atoms with Gasteiger partial charge in [0, 0.05) is 5.02 Å². The summed E-state index contributed by atoms with van der Waals surface area (Å²) in [6, 6.07) is 14.3. The van der Waals surface area contributed by atoms with Crippen LogP contribution in [0.3, 0.4) is 0 Å². The fourth-order valence-electron chi connectivity index (χ4n) is 2.43. The molecule has 1 N–H and O–H groups in total. The summed E-state index contributed by atoms with van der Waals surface area (Å²) in [4.78, 5) is 0. The van der Waals surface area contributed by atoms with Crippen molar-refractivity contribution in [1.82, 2.24) is 0 Å². The molecule has 0 amide bonds. The lowest BCUT2D eigenvalue weighted by atomic mass is 10.0. The van der Waals surface area contributed by atoms with Crippen LogP contribution in [0.1, 0.15) is 24.2 Å². The fraction of sp³-hybridized carbons (Fsp3) is 0.250. The van der Waals surface area contributed by atoms with E-state index in [9.17, 15) is 0 Å². The lowest BCUT2D eigenvalue weighted by Crippen LogP contribution is -2.32. The van der Waals surface area contributed by atoms with Crippen LogP contribution in [-0.4, -0.2) is 6.04 Å². The van der Waals surface area contributed by atoms with Gasteiger partial charge in [-0.05, 0) is 49.2 Å². The number of hydrogen-bond acceptors (Lipinski definition) is 2. The molecule has 0 bridgehead atoms. The first kappa shape index (κ1) is 12.4. The minimum atomic E-state index is 0.00692. The number of fused-ring (bicyclic) bond motifs is 1. The Hall–Kier alpha value is -1.67. The number of ether oxygens (including phenoxy) is 1. The number of rotatable bonds is 1. The van der Waals surface area contributed by atoms with Gasteiger partial charge < -0.3 is 10.1 Å². The highest BCUT2D eigenvalue weighted by Gasteiger charge is 2.27. The zero-order valence-corrected chi connectivity index (χ0v) is 11.7. The predicted molar refractivity (Wildman–Crippen MR) is 79.1 cm³/mol. The van der Waals surface area contributed by atoms with Gasteiger partial charge in [-0.3, -0.25) is 0 Å². The Labute approximate surface area is 118 Å². The van der Waals surface area contributed by atoms with E-state index in [1.807, 2.05) is 30.3 Å². The smallest absolute Gasteiger partial charge is 0.144 e. The summed E-state index contributed by atoms with van der Waals surface area (Å²) in [5, 5.41) is 4.25. The van der Waals surface area contributed by atoms with Crippen LogP contribution in [0.25, 0.3) is 0 Å². The Kier molecular flexibility index (Phi) is 3.11. The molecule has 2 nitrogen and oxygen atoms in total. The first-order valence-electron chi connectivity index (χ1n) is 6.43. The molecule has 0 spiro atoms. The summed E-state index contributed by atoms with van der Waals surface area (Å²) in [5.74, 6) is 0.906. The lowest BCUT2D eigenvalue weighted by Gasteiger charge is -2.33. The van der Waals surface area contributed by atoms with Crippen molar-refractivity contribution >= 4 is 17.3 Å². The molecule has 2 aromatic rings. The number of halogens is 1. The highest BCUT2D eigenvalue weighted by atomic mass is 35.5. The first-order valence-corrected chi connectivity index (χ1v) is 6.80. The molecule has 0 saturated carbocycles. The topological polar surface area (TPSA) is 21.3 Å². The number of nitrogens with one attached hydrogen (secondary N) is 1. The highest BCUT2D eigenvalue weighted by Crippen LogP contribution is 2.37. The minimum absolute atomic E-state index is 0.00692. The second-order valence-electron chi connectivity index (χ2n) is 5.02. The lowest BCUT2D eigenvalue weighted by molar-refractivity contribution is 0.177. The third kappa shape index (κ3) is 2.41. The van der Waals surface area contributed by atoms with E-state index < -0.39 is 0 Å².